The Kier molecular flexibility index (Phi) is 6.60. The average Bonchev–Trinajstić information content (AvgIpc) is 2.69. The third-order valence-electron chi connectivity index (χ3n) is 5.92. The quantitative estimate of drug-likeness (QED) is 0.523. The zero-order chi connectivity index (χ0) is 19.2. The molecule has 2 aliphatic rings. The SMILES string of the molecule is N#CC=CC1CCC(C(=O)OC2CCC(c3ccc(F)c(F)c3)CC2)CC1. The molecular formula is C22H25F2NO2. The predicted octanol–water partition coefficient (Wildman–Crippen LogP) is 5.42. The maximum absolute atomic E-state index is 13.4. The highest BCUT2D eigenvalue weighted by Crippen LogP contribution is 2.36. The lowest BCUT2D eigenvalue weighted by Gasteiger charge is -2.31. The largest absolute Gasteiger partial charge is 0.462 e. The number of rotatable bonds is 4. The minimum Gasteiger partial charge on any atom is -0.462 e. The van der Waals surface area contributed by atoms with Crippen LogP contribution in [-0.4, -0.2) is 12.1 Å². The first-order valence-electron chi connectivity index (χ1n) is 9.78. The Bertz CT molecular complexity index is 724. The van der Waals surface area contributed by atoms with E-state index < -0.39 is 11.6 Å². The van der Waals surface area contributed by atoms with Crippen molar-refractivity contribution in [3.8, 4) is 6.07 Å². The van der Waals surface area contributed by atoms with Crippen LogP contribution in [0.3, 0.4) is 0 Å². The highest BCUT2D eigenvalue weighted by molar-refractivity contribution is 5.72. The van der Waals surface area contributed by atoms with Gasteiger partial charge in [0, 0.05) is 6.08 Å². The molecular weight excluding hydrogens is 348 g/mol. The molecule has 2 fully saturated rings. The Hall–Kier alpha value is -2.22. The minimum atomic E-state index is -0.820. The van der Waals surface area contributed by atoms with E-state index in [4.69, 9.17) is 10.00 Å². The highest BCUT2D eigenvalue weighted by Gasteiger charge is 2.30. The molecule has 0 spiro atoms. The summed E-state index contributed by atoms with van der Waals surface area (Å²) in [5, 5.41) is 8.59. The summed E-state index contributed by atoms with van der Waals surface area (Å²) in [7, 11) is 0. The Morgan fingerprint density at radius 1 is 1.04 bits per heavy atom. The fourth-order valence-electron chi connectivity index (χ4n) is 4.27. The summed E-state index contributed by atoms with van der Waals surface area (Å²) >= 11 is 0. The van der Waals surface area contributed by atoms with Crippen LogP contribution >= 0.6 is 0 Å². The van der Waals surface area contributed by atoms with Gasteiger partial charge in [-0.25, -0.2) is 8.78 Å². The molecule has 0 amide bonds. The van der Waals surface area contributed by atoms with Crippen molar-refractivity contribution in [1.82, 2.24) is 0 Å². The van der Waals surface area contributed by atoms with E-state index in [1.54, 1.807) is 6.07 Å². The molecule has 3 nitrogen and oxygen atoms in total. The lowest BCUT2D eigenvalue weighted by atomic mass is 9.81. The second-order valence-electron chi connectivity index (χ2n) is 7.68. The summed E-state index contributed by atoms with van der Waals surface area (Å²) in [4.78, 5) is 12.4. The van der Waals surface area contributed by atoms with Crippen molar-refractivity contribution in [2.24, 2.45) is 11.8 Å². The molecule has 5 heteroatoms. The van der Waals surface area contributed by atoms with Gasteiger partial charge in [0.1, 0.15) is 6.10 Å². The summed E-state index contributed by atoms with van der Waals surface area (Å²) in [5.41, 5.74) is 0.822. The zero-order valence-corrected chi connectivity index (χ0v) is 15.4. The summed E-state index contributed by atoms with van der Waals surface area (Å²) in [6.07, 6.45) is 9.98. The fourth-order valence-corrected chi connectivity index (χ4v) is 4.27. The van der Waals surface area contributed by atoms with Gasteiger partial charge in [0.2, 0.25) is 0 Å². The normalized spacial score (nSPS) is 28.6. The monoisotopic (exact) mass is 373 g/mol. The van der Waals surface area contributed by atoms with Crippen LogP contribution in [0.4, 0.5) is 8.78 Å². The van der Waals surface area contributed by atoms with Gasteiger partial charge in [-0.2, -0.15) is 5.26 Å². The van der Waals surface area contributed by atoms with E-state index in [2.05, 4.69) is 0 Å². The molecule has 0 aliphatic heterocycles. The second kappa shape index (κ2) is 9.12. The molecule has 0 atom stereocenters. The van der Waals surface area contributed by atoms with E-state index in [-0.39, 0.29) is 23.9 Å². The maximum atomic E-state index is 13.4. The Labute approximate surface area is 159 Å². The molecule has 1 aromatic carbocycles. The molecule has 2 saturated carbocycles. The van der Waals surface area contributed by atoms with Crippen LogP contribution in [0.25, 0.3) is 0 Å². The van der Waals surface area contributed by atoms with Crippen LogP contribution in [0.2, 0.25) is 0 Å². The van der Waals surface area contributed by atoms with Gasteiger partial charge in [-0.15, -0.1) is 0 Å². The number of esters is 1. The third-order valence-corrected chi connectivity index (χ3v) is 5.92. The Morgan fingerprint density at radius 2 is 1.74 bits per heavy atom. The molecule has 0 heterocycles. The molecule has 0 saturated heterocycles. The van der Waals surface area contributed by atoms with Crippen molar-refractivity contribution in [3.05, 3.63) is 47.5 Å². The summed E-state index contributed by atoms with van der Waals surface area (Å²) in [5.74, 6) is -1.19. The number of carbonyl (C=O) groups excluding carboxylic acids is 1. The number of ether oxygens (including phenoxy) is 1. The average molecular weight is 373 g/mol. The Morgan fingerprint density at radius 3 is 2.37 bits per heavy atom. The van der Waals surface area contributed by atoms with E-state index in [9.17, 15) is 13.6 Å². The summed E-state index contributed by atoms with van der Waals surface area (Å²) < 4.78 is 32.2. The van der Waals surface area contributed by atoms with Gasteiger partial charge in [0.25, 0.3) is 0 Å². The summed E-state index contributed by atoms with van der Waals surface area (Å²) in [6, 6.07) is 6.12. The molecule has 144 valence electrons. The standard InChI is InChI=1S/C22H25F2NO2/c23-20-12-9-18(14-21(20)24)16-7-10-19(11-8-16)27-22(26)17-5-3-15(4-6-17)2-1-13-25/h1-2,9,12,14-17,19H,3-8,10-11H2. The molecule has 1 aromatic rings. The van der Waals surface area contributed by atoms with Crippen LogP contribution in [0.5, 0.6) is 0 Å². The van der Waals surface area contributed by atoms with Gasteiger partial charge in [0.15, 0.2) is 11.6 Å². The number of hydrogen-bond donors (Lipinski definition) is 0. The smallest absolute Gasteiger partial charge is 0.309 e. The van der Waals surface area contributed by atoms with Gasteiger partial charge >= 0.3 is 5.97 Å². The van der Waals surface area contributed by atoms with Crippen molar-refractivity contribution >= 4 is 5.97 Å². The van der Waals surface area contributed by atoms with E-state index in [0.29, 0.717) is 5.92 Å². The molecule has 0 bridgehead atoms. The van der Waals surface area contributed by atoms with Gasteiger partial charge in [-0.1, -0.05) is 12.1 Å². The first kappa shape index (κ1) is 19.5. The van der Waals surface area contributed by atoms with Crippen molar-refractivity contribution < 1.29 is 18.3 Å². The number of benzene rings is 1. The van der Waals surface area contributed by atoms with Crippen molar-refractivity contribution in [1.29, 1.82) is 5.26 Å². The number of carbonyl (C=O) groups is 1. The van der Waals surface area contributed by atoms with Gasteiger partial charge in [-0.3, -0.25) is 4.79 Å². The first-order valence-corrected chi connectivity index (χ1v) is 9.78. The van der Waals surface area contributed by atoms with Gasteiger partial charge in [0.05, 0.1) is 12.0 Å². The second-order valence-corrected chi connectivity index (χ2v) is 7.68. The first-order chi connectivity index (χ1) is 13.1. The van der Waals surface area contributed by atoms with Crippen molar-refractivity contribution in [2.75, 3.05) is 0 Å². The van der Waals surface area contributed by atoms with Crippen LogP contribution in [-0.2, 0) is 9.53 Å². The van der Waals surface area contributed by atoms with Crippen LogP contribution < -0.4 is 0 Å². The van der Waals surface area contributed by atoms with E-state index in [1.807, 2.05) is 12.1 Å². The van der Waals surface area contributed by atoms with E-state index in [1.165, 1.54) is 18.2 Å². The molecule has 3 rings (SSSR count). The number of hydrogen-bond acceptors (Lipinski definition) is 3. The zero-order valence-electron chi connectivity index (χ0n) is 15.4. The van der Waals surface area contributed by atoms with E-state index in [0.717, 1.165) is 56.9 Å². The van der Waals surface area contributed by atoms with Crippen molar-refractivity contribution in [3.63, 3.8) is 0 Å². The third kappa shape index (κ3) is 5.15. The predicted molar refractivity (Wildman–Crippen MR) is 97.6 cm³/mol. The number of allylic oxidation sites excluding steroid dienone is 2. The van der Waals surface area contributed by atoms with Crippen LogP contribution in [0, 0.1) is 34.8 Å². The lowest BCUT2D eigenvalue weighted by molar-refractivity contribution is -0.157. The molecule has 0 radical (unpaired) electrons. The lowest BCUT2D eigenvalue weighted by Crippen LogP contribution is -2.29. The van der Waals surface area contributed by atoms with Crippen LogP contribution in [0.1, 0.15) is 62.8 Å². The fraction of sp³-hybridized carbons (Fsp3) is 0.545. The molecule has 0 N–H and O–H groups in total. The highest BCUT2D eigenvalue weighted by atomic mass is 19.2. The number of halogens is 2. The number of nitriles is 1. The maximum Gasteiger partial charge on any atom is 0.309 e. The number of nitrogens with zero attached hydrogens (tertiary/aromatic N) is 1. The topological polar surface area (TPSA) is 50.1 Å². The van der Waals surface area contributed by atoms with Crippen molar-refractivity contribution in [2.45, 2.75) is 63.4 Å². The molecule has 0 aromatic heterocycles. The molecule has 27 heavy (non-hydrogen) atoms. The van der Waals surface area contributed by atoms with E-state index >= 15 is 0 Å². The van der Waals surface area contributed by atoms with Gasteiger partial charge in [-0.05, 0) is 80.9 Å². The minimum absolute atomic E-state index is 0.0411. The summed E-state index contributed by atoms with van der Waals surface area (Å²) in [6.45, 7) is 0. The molecule has 2 aliphatic carbocycles. The van der Waals surface area contributed by atoms with Gasteiger partial charge < -0.3 is 4.74 Å². The Balaban J connectivity index is 1.44. The van der Waals surface area contributed by atoms with Crippen LogP contribution in [0.15, 0.2) is 30.4 Å². The molecule has 0 unspecified atom stereocenters.